The zero-order chi connectivity index (χ0) is 12.8. The highest BCUT2D eigenvalue weighted by atomic mass is 15.2. The average molecular weight is 253 g/mol. The van der Waals surface area contributed by atoms with E-state index < -0.39 is 0 Å². The van der Waals surface area contributed by atoms with Crippen molar-refractivity contribution in [1.29, 1.82) is 0 Å². The first kappa shape index (κ1) is 14.3. The van der Waals surface area contributed by atoms with E-state index in [-0.39, 0.29) is 0 Å². The van der Waals surface area contributed by atoms with E-state index in [0.29, 0.717) is 6.04 Å². The molecule has 0 aromatic heterocycles. The van der Waals surface area contributed by atoms with Gasteiger partial charge in [-0.15, -0.1) is 0 Å². The molecule has 1 unspecified atom stereocenters. The number of nitrogens with one attached hydrogen (secondary N) is 1. The molecule has 2 fully saturated rings. The molecule has 0 radical (unpaired) electrons. The van der Waals surface area contributed by atoms with Crippen molar-refractivity contribution in [3.63, 3.8) is 0 Å². The number of piperidine rings is 1. The van der Waals surface area contributed by atoms with Gasteiger partial charge in [-0.1, -0.05) is 20.3 Å². The smallest absolute Gasteiger partial charge is 0.0109 e. The van der Waals surface area contributed by atoms with Gasteiger partial charge in [0.25, 0.3) is 0 Å². The number of hydrogen-bond acceptors (Lipinski definition) is 3. The van der Waals surface area contributed by atoms with E-state index in [1.54, 1.807) is 0 Å². The molecule has 0 aromatic rings. The summed E-state index contributed by atoms with van der Waals surface area (Å²) in [6, 6.07) is 0.632. The molecule has 2 aliphatic heterocycles. The van der Waals surface area contributed by atoms with E-state index in [9.17, 15) is 0 Å². The van der Waals surface area contributed by atoms with E-state index in [1.165, 1.54) is 71.5 Å². The third-order valence-electron chi connectivity index (χ3n) is 4.37. The third kappa shape index (κ3) is 4.87. The molecule has 1 atom stereocenters. The maximum Gasteiger partial charge on any atom is 0.0109 e. The maximum atomic E-state index is 3.58. The van der Waals surface area contributed by atoms with Crippen molar-refractivity contribution in [2.24, 2.45) is 5.92 Å². The van der Waals surface area contributed by atoms with Crippen molar-refractivity contribution in [3.8, 4) is 0 Å². The minimum absolute atomic E-state index is 0.632. The molecule has 2 rings (SSSR count). The Morgan fingerprint density at radius 2 is 1.72 bits per heavy atom. The fraction of sp³-hybridized carbons (Fsp3) is 1.00. The molecule has 2 saturated heterocycles. The molecule has 0 aromatic carbocycles. The van der Waals surface area contributed by atoms with Crippen molar-refractivity contribution in [2.45, 2.75) is 45.6 Å². The van der Waals surface area contributed by atoms with Gasteiger partial charge >= 0.3 is 0 Å². The van der Waals surface area contributed by atoms with Gasteiger partial charge < -0.3 is 15.1 Å². The molecule has 1 N–H and O–H groups in total. The van der Waals surface area contributed by atoms with Gasteiger partial charge in [-0.25, -0.2) is 0 Å². The van der Waals surface area contributed by atoms with E-state index in [2.05, 4.69) is 29.0 Å². The van der Waals surface area contributed by atoms with Gasteiger partial charge in [-0.2, -0.15) is 0 Å². The van der Waals surface area contributed by atoms with E-state index in [4.69, 9.17) is 0 Å². The first-order valence-electron chi connectivity index (χ1n) is 7.92. The van der Waals surface area contributed by atoms with Gasteiger partial charge in [-0.05, 0) is 51.4 Å². The Balaban J connectivity index is 1.57. The summed E-state index contributed by atoms with van der Waals surface area (Å²) >= 11 is 0. The summed E-state index contributed by atoms with van der Waals surface area (Å²) in [5.41, 5.74) is 0. The van der Waals surface area contributed by atoms with Crippen LogP contribution in [0, 0.1) is 5.92 Å². The van der Waals surface area contributed by atoms with Crippen molar-refractivity contribution in [1.82, 2.24) is 15.1 Å². The lowest BCUT2D eigenvalue weighted by Crippen LogP contribution is -2.37. The Kier molecular flexibility index (Phi) is 5.93. The van der Waals surface area contributed by atoms with E-state index in [0.717, 1.165) is 5.92 Å². The minimum Gasteiger partial charge on any atom is -0.314 e. The van der Waals surface area contributed by atoms with Gasteiger partial charge in [0.2, 0.25) is 0 Å². The Hall–Kier alpha value is -0.120. The molecule has 0 saturated carbocycles. The Morgan fingerprint density at radius 1 is 1.00 bits per heavy atom. The van der Waals surface area contributed by atoms with Crippen LogP contribution >= 0.6 is 0 Å². The lowest BCUT2D eigenvalue weighted by atomic mass is 10.1. The molecule has 18 heavy (non-hydrogen) atoms. The summed E-state index contributed by atoms with van der Waals surface area (Å²) in [5, 5.41) is 3.58. The van der Waals surface area contributed by atoms with Crippen LogP contribution in [-0.4, -0.2) is 61.7 Å². The normalized spacial score (nSPS) is 27.2. The van der Waals surface area contributed by atoms with Gasteiger partial charge in [0.1, 0.15) is 0 Å². The molecule has 106 valence electrons. The highest BCUT2D eigenvalue weighted by molar-refractivity contribution is 4.78. The SMILES string of the molecule is CC(C)NCC1CCN(CCN2CCCCC2)C1. The third-order valence-corrected chi connectivity index (χ3v) is 4.37. The lowest BCUT2D eigenvalue weighted by Gasteiger charge is -2.28. The van der Waals surface area contributed by atoms with Gasteiger partial charge in [0, 0.05) is 25.7 Å². The fourth-order valence-electron chi connectivity index (χ4n) is 3.15. The zero-order valence-electron chi connectivity index (χ0n) is 12.3. The summed E-state index contributed by atoms with van der Waals surface area (Å²) in [7, 11) is 0. The predicted molar refractivity (Wildman–Crippen MR) is 78.0 cm³/mol. The van der Waals surface area contributed by atoms with Crippen LogP contribution in [0.4, 0.5) is 0 Å². The second-order valence-corrected chi connectivity index (χ2v) is 6.42. The number of likely N-dealkylation sites (tertiary alicyclic amines) is 2. The largest absolute Gasteiger partial charge is 0.314 e. The highest BCUT2D eigenvalue weighted by Gasteiger charge is 2.22. The summed E-state index contributed by atoms with van der Waals surface area (Å²) in [6.45, 7) is 13.6. The molecule has 3 heteroatoms. The summed E-state index contributed by atoms with van der Waals surface area (Å²) in [6.07, 6.45) is 5.67. The van der Waals surface area contributed by atoms with Crippen molar-refractivity contribution in [3.05, 3.63) is 0 Å². The summed E-state index contributed by atoms with van der Waals surface area (Å²) in [4.78, 5) is 5.32. The molecule has 2 aliphatic rings. The van der Waals surface area contributed by atoms with Crippen LogP contribution in [-0.2, 0) is 0 Å². The van der Waals surface area contributed by atoms with Gasteiger partial charge in [-0.3, -0.25) is 0 Å². The molecule has 0 spiro atoms. The van der Waals surface area contributed by atoms with Crippen LogP contribution in [0.2, 0.25) is 0 Å². The van der Waals surface area contributed by atoms with E-state index >= 15 is 0 Å². The van der Waals surface area contributed by atoms with Crippen LogP contribution < -0.4 is 5.32 Å². The van der Waals surface area contributed by atoms with Crippen molar-refractivity contribution in [2.75, 3.05) is 45.8 Å². The highest BCUT2D eigenvalue weighted by Crippen LogP contribution is 2.16. The molecule has 0 aliphatic carbocycles. The molecular formula is C15H31N3. The number of hydrogen-bond donors (Lipinski definition) is 1. The first-order chi connectivity index (χ1) is 8.74. The van der Waals surface area contributed by atoms with E-state index in [1.807, 2.05) is 0 Å². The molecule has 0 amide bonds. The quantitative estimate of drug-likeness (QED) is 0.778. The molecule has 3 nitrogen and oxygen atoms in total. The van der Waals surface area contributed by atoms with Crippen molar-refractivity contribution >= 4 is 0 Å². The van der Waals surface area contributed by atoms with Crippen LogP contribution in [0.3, 0.4) is 0 Å². The van der Waals surface area contributed by atoms with Gasteiger partial charge in [0.05, 0.1) is 0 Å². The maximum absolute atomic E-state index is 3.58. The standard InChI is InChI=1S/C15H31N3/c1-14(2)16-12-15-6-9-18(13-15)11-10-17-7-4-3-5-8-17/h14-16H,3-13H2,1-2H3. The Bertz CT molecular complexity index is 224. The van der Waals surface area contributed by atoms with Crippen LogP contribution in [0.1, 0.15) is 39.5 Å². The van der Waals surface area contributed by atoms with Crippen LogP contribution in [0.25, 0.3) is 0 Å². The summed E-state index contributed by atoms with van der Waals surface area (Å²) < 4.78 is 0. The van der Waals surface area contributed by atoms with Crippen molar-refractivity contribution < 1.29 is 0 Å². The lowest BCUT2D eigenvalue weighted by molar-refractivity contribution is 0.194. The molecule has 2 heterocycles. The number of rotatable bonds is 6. The summed E-state index contributed by atoms with van der Waals surface area (Å²) in [5.74, 6) is 0.883. The second-order valence-electron chi connectivity index (χ2n) is 6.42. The molecular weight excluding hydrogens is 222 g/mol. The number of nitrogens with zero attached hydrogens (tertiary/aromatic N) is 2. The Labute approximate surface area is 113 Å². The predicted octanol–water partition coefficient (Wildman–Crippen LogP) is 1.79. The van der Waals surface area contributed by atoms with Crippen LogP contribution in [0.15, 0.2) is 0 Å². The molecule has 0 bridgehead atoms. The average Bonchev–Trinajstić information content (AvgIpc) is 2.83. The monoisotopic (exact) mass is 253 g/mol. The second kappa shape index (κ2) is 7.46. The fourth-order valence-corrected chi connectivity index (χ4v) is 3.15. The first-order valence-corrected chi connectivity index (χ1v) is 7.92. The Morgan fingerprint density at radius 3 is 2.44 bits per heavy atom. The van der Waals surface area contributed by atoms with Gasteiger partial charge in [0.15, 0.2) is 0 Å². The minimum atomic E-state index is 0.632. The zero-order valence-corrected chi connectivity index (χ0v) is 12.3. The van der Waals surface area contributed by atoms with Crippen LogP contribution in [0.5, 0.6) is 0 Å². The topological polar surface area (TPSA) is 18.5 Å².